The van der Waals surface area contributed by atoms with Gasteiger partial charge < -0.3 is 24.1 Å². The van der Waals surface area contributed by atoms with Crippen LogP contribution in [-0.4, -0.2) is 42.1 Å². The topological polar surface area (TPSA) is 109 Å². The van der Waals surface area contributed by atoms with Gasteiger partial charge >= 0.3 is 5.97 Å². The first-order valence-corrected chi connectivity index (χ1v) is 13.7. The molecule has 9 nitrogen and oxygen atoms in total. The molecule has 1 aromatic heterocycles. The van der Waals surface area contributed by atoms with Gasteiger partial charge in [0, 0.05) is 0 Å². The number of hydrogen-bond acceptors (Lipinski definition) is 9. The highest BCUT2D eigenvalue weighted by Crippen LogP contribution is 2.36. The molecule has 39 heavy (non-hydrogen) atoms. The maximum atomic E-state index is 13.9. The van der Waals surface area contributed by atoms with Gasteiger partial charge in [0.25, 0.3) is 5.56 Å². The number of phenols is 1. The number of ether oxygens (including phenoxy) is 4. The summed E-state index contributed by atoms with van der Waals surface area (Å²) in [5, 5.41) is 10.1. The zero-order valence-electron chi connectivity index (χ0n) is 22.6. The summed E-state index contributed by atoms with van der Waals surface area (Å²) in [7, 11) is 0. The van der Waals surface area contributed by atoms with Crippen molar-refractivity contribution in [3.8, 4) is 23.0 Å². The lowest BCUT2D eigenvalue weighted by molar-refractivity contribution is -0.139. The molecule has 1 aliphatic rings. The Morgan fingerprint density at radius 3 is 2.36 bits per heavy atom. The molecule has 1 aliphatic heterocycles. The van der Waals surface area contributed by atoms with Crippen molar-refractivity contribution < 1.29 is 28.8 Å². The summed E-state index contributed by atoms with van der Waals surface area (Å²) in [6, 6.07) is 9.51. The number of benzene rings is 2. The van der Waals surface area contributed by atoms with Gasteiger partial charge in [-0.3, -0.25) is 9.36 Å². The van der Waals surface area contributed by atoms with Crippen LogP contribution in [0.5, 0.6) is 23.0 Å². The first-order chi connectivity index (χ1) is 18.8. The monoisotopic (exact) mass is 552 g/mol. The molecule has 1 atom stereocenters. The molecular formula is C29H32N2O7S. The van der Waals surface area contributed by atoms with Crippen LogP contribution < -0.4 is 29.1 Å². The molecule has 1 N–H and O–H groups in total. The summed E-state index contributed by atoms with van der Waals surface area (Å²) in [5.41, 5.74) is 1.79. The number of aromatic hydroxyl groups is 1. The van der Waals surface area contributed by atoms with E-state index in [1.165, 1.54) is 22.0 Å². The van der Waals surface area contributed by atoms with Crippen LogP contribution in [0.15, 0.2) is 57.5 Å². The Kier molecular flexibility index (Phi) is 8.75. The van der Waals surface area contributed by atoms with Gasteiger partial charge in [-0.05, 0) is 76.1 Å². The van der Waals surface area contributed by atoms with Gasteiger partial charge in [-0.25, -0.2) is 9.79 Å². The van der Waals surface area contributed by atoms with Gasteiger partial charge in [-0.2, -0.15) is 0 Å². The minimum absolute atomic E-state index is 0.0192. The number of rotatable bonds is 10. The van der Waals surface area contributed by atoms with Crippen LogP contribution in [-0.2, 0) is 9.53 Å². The Morgan fingerprint density at radius 1 is 0.974 bits per heavy atom. The molecule has 0 aliphatic carbocycles. The third-order valence-corrected chi connectivity index (χ3v) is 6.96. The standard InChI is InChI=1S/C29H32N2O7S/c1-6-35-21-13-11-19(16-23(21)37-8-3)26-25(28(34)38-9-4)17(5)30-29-31(26)27(33)24(39-29)15-18-10-12-20(32)22(14-18)36-7-2/h10-16,26,32H,6-9H2,1-5H3/b24-15-/t26-/m1/s1. The molecule has 0 amide bonds. The number of carbonyl (C=O) groups excluding carboxylic acids is 1. The first kappa shape index (κ1) is 28.0. The maximum Gasteiger partial charge on any atom is 0.338 e. The molecule has 0 radical (unpaired) electrons. The molecule has 206 valence electrons. The molecule has 0 fully saturated rings. The highest BCUT2D eigenvalue weighted by molar-refractivity contribution is 7.07. The highest BCUT2D eigenvalue weighted by Gasteiger charge is 2.34. The summed E-state index contributed by atoms with van der Waals surface area (Å²) >= 11 is 1.22. The molecule has 0 spiro atoms. The predicted octanol–water partition coefficient (Wildman–Crippen LogP) is 3.70. The minimum atomic E-state index is -0.781. The van der Waals surface area contributed by atoms with Crippen molar-refractivity contribution >= 4 is 23.4 Å². The average Bonchev–Trinajstić information content (AvgIpc) is 3.21. The van der Waals surface area contributed by atoms with Crippen molar-refractivity contribution in [3.63, 3.8) is 0 Å². The van der Waals surface area contributed by atoms with Gasteiger partial charge in [0.15, 0.2) is 27.8 Å². The number of fused-ring (bicyclic) bond motifs is 1. The molecule has 3 aromatic rings. The normalized spacial score (nSPS) is 15.0. The molecule has 4 rings (SSSR count). The van der Waals surface area contributed by atoms with Crippen LogP contribution >= 0.6 is 11.3 Å². The van der Waals surface area contributed by atoms with E-state index in [9.17, 15) is 14.7 Å². The minimum Gasteiger partial charge on any atom is -0.504 e. The Morgan fingerprint density at radius 2 is 1.67 bits per heavy atom. The second kappa shape index (κ2) is 12.2. The van der Waals surface area contributed by atoms with Crippen LogP contribution in [0.2, 0.25) is 0 Å². The lowest BCUT2D eigenvalue weighted by atomic mass is 9.95. The van der Waals surface area contributed by atoms with Gasteiger partial charge in [0.1, 0.15) is 0 Å². The number of allylic oxidation sites excluding steroid dienone is 1. The van der Waals surface area contributed by atoms with Crippen molar-refractivity contribution in [1.82, 2.24) is 4.57 Å². The molecule has 0 bridgehead atoms. The molecule has 10 heteroatoms. The van der Waals surface area contributed by atoms with Crippen molar-refractivity contribution in [3.05, 3.63) is 78.5 Å². The van der Waals surface area contributed by atoms with Crippen LogP contribution in [0.3, 0.4) is 0 Å². The number of carbonyl (C=O) groups is 1. The fraction of sp³-hybridized carbons (Fsp3) is 0.345. The molecule has 0 saturated carbocycles. The quantitative estimate of drug-likeness (QED) is 0.382. The molecule has 2 heterocycles. The number of phenolic OH excluding ortho intramolecular Hbond substituents is 1. The van der Waals surface area contributed by atoms with E-state index in [-0.39, 0.29) is 23.5 Å². The SMILES string of the molecule is CCOC(=O)C1=C(C)N=c2s/c(=C\c3ccc(O)c(OCC)c3)c(=O)n2[C@@H]1c1ccc(OCC)c(OCC)c1. The lowest BCUT2D eigenvalue weighted by Gasteiger charge is -2.25. The van der Waals surface area contributed by atoms with E-state index in [0.717, 1.165) is 0 Å². The maximum absolute atomic E-state index is 13.9. The van der Waals surface area contributed by atoms with E-state index in [0.29, 0.717) is 63.2 Å². The Bertz CT molecular complexity index is 1590. The van der Waals surface area contributed by atoms with Crippen molar-refractivity contribution in [1.29, 1.82) is 0 Å². The fourth-order valence-electron chi connectivity index (χ4n) is 4.39. The number of aromatic nitrogens is 1. The van der Waals surface area contributed by atoms with Gasteiger partial charge in [0.2, 0.25) is 0 Å². The van der Waals surface area contributed by atoms with Crippen LogP contribution in [0.4, 0.5) is 0 Å². The number of esters is 1. The molecule has 0 unspecified atom stereocenters. The third-order valence-electron chi connectivity index (χ3n) is 5.98. The summed E-state index contributed by atoms with van der Waals surface area (Å²) in [4.78, 5) is 32.1. The van der Waals surface area contributed by atoms with Crippen LogP contribution in [0, 0.1) is 0 Å². The summed E-state index contributed by atoms with van der Waals surface area (Å²) < 4.78 is 24.4. The smallest absolute Gasteiger partial charge is 0.338 e. The fourth-order valence-corrected chi connectivity index (χ4v) is 5.43. The first-order valence-electron chi connectivity index (χ1n) is 12.9. The molecular weight excluding hydrogens is 520 g/mol. The summed E-state index contributed by atoms with van der Waals surface area (Å²) in [6.07, 6.45) is 1.72. The average molecular weight is 553 g/mol. The van der Waals surface area contributed by atoms with E-state index in [1.54, 1.807) is 44.2 Å². The number of hydrogen-bond donors (Lipinski definition) is 1. The number of nitrogens with zero attached hydrogens (tertiary/aromatic N) is 2. The van der Waals surface area contributed by atoms with Crippen molar-refractivity contribution in [2.75, 3.05) is 26.4 Å². The van der Waals surface area contributed by atoms with Crippen molar-refractivity contribution in [2.24, 2.45) is 4.99 Å². The molecule has 2 aromatic carbocycles. The van der Waals surface area contributed by atoms with Crippen molar-refractivity contribution in [2.45, 2.75) is 40.7 Å². The van der Waals surface area contributed by atoms with Gasteiger partial charge in [-0.1, -0.05) is 23.5 Å². The number of thiazole rings is 1. The van der Waals surface area contributed by atoms with Crippen LogP contribution in [0.25, 0.3) is 6.08 Å². The van der Waals surface area contributed by atoms with Crippen LogP contribution in [0.1, 0.15) is 51.8 Å². The molecule has 0 saturated heterocycles. The van der Waals surface area contributed by atoms with E-state index in [4.69, 9.17) is 18.9 Å². The van der Waals surface area contributed by atoms with Gasteiger partial charge in [0.05, 0.1) is 48.3 Å². The predicted molar refractivity (Wildman–Crippen MR) is 148 cm³/mol. The second-order valence-corrected chi connectivity index (χ2v) is 9.54. The lowest BCUT2D eigenvalue weighted by Crippen LogP contribution is -2.40. The van der Waals surface area contributed by atoms with E-state index < -0.39 is 12.0 Å². The van der Waals surface area contributed by atoms with E-state index in [1.807, 2.05) is 26.8 Å². The zero-order valence-corrected chi connectivity index (χ0v) is 23.5. The second-order valence-electron chi connectivity index (χ2n) is 8.53. The zero-order chi connectivity index (χ0) is 28.1. The third kappa shape index (κ3) is 5.70. The van der Waals surface area contributed by atoms with Gasteiger partial charge in [-0.15, -0.1) is 0 Å². The highest BCUT2D eigenvalue weighted by atomic mass is 32.1. The largest absolute Gasteiger partial charge is 0.504 e. The van der Waals surface area contributed by atoms with E-state index in [2.05, 4.69) is 4.99 Å². The Labute approximate surface area is 230 Å². The Balaban J connectivity index is 1.93. The summed E-state index contributed by atoms with van der Waals surface area (Å²) in [6.45, 7) is 10.5. The summed E-state index contributed by atoms with van der Waals surface area (Å²) in [5.74, 6) is 0.904. The Hall–Kier alpha value is -4.05. The van der Waals surface area contributed by atoms with E-state index >= 15 is 0 Å².